The van der Waals surface area contributed by atoms with E-state index >= 15 is 0 Å². The van der Waals surface area contributed by atoms with Gasteiger partial charge in [0.15, 0.2) is 0 Å². The minimum atomic E-state index is -0.967. The lowest BCUT2D eigenvalue weighted by molar-refractivity contribution is 0.0285. The van der Waals surface area contributed by atoms with Crippen LogP contribution in [0.15, 0.2) is 0 Å². The molecule has 6 nitrogen and oxygen atoms in total. The summed E-state index contributed by atoms with van der Waals surface area (Å²) in [6.45, 7) is 1.82. The fraction of sp³-hybridized carbons (Fsp3) is 0.875. The van der Waals surface area contributed by atoms with Crippen molar-refractivity contribution in [3.05, 3.63) is 0 Å². The Hall–Kier alpha value is -0.850. The fourth-order valence-electron chi connectivity index (χ4n) is 0.684. The molecule has 84 valence electrons. The van der Waals surface area contributed by atoms with Crippen LogP contribution in [-0.2, 0) is 9.47 Å². The van der Waals surface area contributed by atoms with Crippen LogP contribution in [0.2, 0.25) is 0 Å². The molecule has 0 unspecified atom stereocenters. The predicted molar refractivity (Wildman–Crippen MR) is 49.4 cm³/mol. The van der Waals surface area contributed by atoms with Crippen LogP contribution in [0.3, 0.4) is 0 Å². The number of carbonyl (C=O) groups is 1. The number of aliphatic hydroxyl groups excluding tert-OH is 1. The molecule has 0 aliphatic rings. The number of ether oxygens (including phenoxy) is 2. The summed E-state index contributed by atoms with van der Waals surface area (Å²) in [6.07, 6.45) is -0.967. The molecule has 0 aliphatic carbocycles. The zero-order valence-electron chi connectivity index (χ0n) is 8.31. The summed E-state index contributed by atoms with van der Waals surface area (Å²) in [5, 5.41) is 16.8. The molecule has 0 saturated carbocycles. The molecule has 0 radical (unpaired) electrons. The van der Waals surface area contributed by atoms with E-state index in [1.54, 1.807) is 0 Å². The summed E-state index contributed by atoms with van der Waals surface area (Å²) in [6, 6.07) is 0. The van der Waals surface area contributed by atoms with Gasteiger partial charge >= 0.3 is 6.09 Å². The SMILES string of the molecule is CN(CCOCCOCCO)C(=O)O. The molecule has 0 aliphatic heterocycles. The minimum Gasteiger partial charge on any atom is -0.465 e. The van der Waals surface area contributed by atoms with Crippen molar-refractivity contribution in [3.8, 4) is 0 Å². The van der Waals surface area contributed by atoms with Gasteiger partial charge < -0.3 is 24.6 Å². The third kappa shape index (κ3) is 7.78. The Morgan fingerprint density at radius 1 is 1.21 bits per heavy atom. The van der Waals surface area contributed by atoms with Crippen molar-refractivity contribution in [2.24, 2.45) is 0 Å². The van der Waals surface area contributed by atoms with Crippen LogP contribution >= 0.6 is 0 Å². The summed E-state index contributed by atoms with van der Waals surface area (Å²) in [5.41, 5.74) is 0. The van der Waals surface area contributed by atoms with E-state index in [0.717, 1.165) is 4.90 Å². The standard InChI is InChI=1S/C8H17NO5/c1-9(8(11)12)2-4-13-6-7-14-5-3-10/h10H,2-7H2,1H3,(H,11,12). The molecule has 0 aromatic rings. The Kier molecular flexibility index (Phi) is 8.20. The summed E-state index contributed by atoms with van der Waals surface area (Å²) >= 11 is 0. The molecule has 0 heterocycles. The Labute approximate surface area is 83.0 Å². The van der Waals surface area contributed by atoms with E-state index < -0.39 is 6.09 Å². The van der Waals surface area contributed by atoms with Crippen molar-refractivity contribution >= 4 is 6.09 Å². The first-order valence-corrected chi connectivity index (χ1v) is 4.39. The molecule has 14 heavy (non-hydrogen) atoms. The number of likely N-dealkylation sites (N-methyl/N-ethyl adjacent to an activating group) is 1. The maximum Gasteiger partial charge on any atom is 0.407 e. The third-order valence-electron chi connectivity index (χ3n) is 1.51. The number of amides is 1. The average molecular weight is 207 g/mol. The van der Waals surface area contributed by atoms with E-state index in [1.807, 2.05) is 0 Å². The first kappa shape index (κ1) is 13.2. The number of aliphatic hydroxyl groups is 1. The third-order valence-corrected chi connectivity index (χ3v) is 1.51. The van der Waals surface area contributed by atoms with Crippen LogP contribution in [0.25, 0.3) is 0 Å². The summed E-state index contributed by atoms with van der Waals surface area (Å²) in [5.74, 6) is 0. The largest absolute Gasteiger partial charge is 0.465 e. The van der Waals surface area contributed by atoms with Crippen LogP contribution in [-0.4, -0.2) is 67.8 Å². The van der Waals surface area contributed by atoms with Gasteiger partial charge in [0.1, 0.15) is 0 Å². The van der Waals surface area contributed by atoms with E-state index in [1.165, 1.54) is 7.05 Å². The molecule has 6 heteroatoms. The topological polar surface area (TPSA) is 79.2 Å². The zero-order chi connectivity index (χ0) is 10.8. The van der Waals surface area contributed by atoms with Crippen LogP contribution in [0.4, 0.5) is 4.79 Å². The first-order valence-electron chi connectivity index (χ1n) is 4.39. The van der Waals surface area contributed by atoms with E-state index in [-0.39, 0.29) is 6.61 Å². The molecule has 0 spiro atoms. The van der Waals surface area contributed by atoms with Gasteiger partial charge in [-0.2, -0.15) is 0 Å². The molecule has 2 N–H and O–H groups in total. The van der Waals surface area contributed by atoms with Crippen LogP contribution in [0, 0.1) is 0 Å². The number of hydrogen-bond acceptors (Lipinski definition) is 4. The molecule has 1 amide bonds. The quantitative estimate of drug-likeness (QED) is 0.530. The van der Waals surface area contributed by atoms with E-state index in [9.17, 15) is 4.79 Å². The lowest BCUT2D eigenvalue weighted by Crippen LogP contribution is -2.28. The minimum absolute atomic E-state index is 0.00174. The Morgan fingerprint density at radius 2 is 1.79 bits per heavy atom. The van der Waals surface area contributed by atoms with Crippen LogP contribution in [0.1, 0.15) is 0 Å². The van der Waals surface area contributed by atoms with E-state index in [2.05, 4.69) is 0 Å². The molecule has 0 atom stereocenters. The zero-order valence-corrected chi connectivity index (χ0v) is 8.31. The van der Waals surface area contributed by atoms with Crippen molar-refractivity contribution in [3.63, 3.8) is 0 Å². The molecular formula is C8H17NO5. The van der Waals surface area contributed by atoms with E-state index in [0.29, 0.717) is 33.0 Å². The monoisotopic (exact) mass is 207 g/mol. The molecule has 0 aromatic carbocycles. The smallest absolute Gasteiger partial charge is 0.407 e. The molecule has 0 saturated heterocycles. The Bertz CT molecular complexity index is 153. The van der Waals surface area contributed by atoms with Crippen molar-refractivity contribution in [2.45, 2.75) is 0 Å². The second-order valence-corrected chi connectivity index (χ2v) is 2.65. The van der Waals surface area contributed by atoms with Crippen molar-refractivity contribution in [1.82, 2.24) is 4.90 Å². The number of hydrogen-bond donors (Lipinski definition) is 2. The number of nitrogens with zero attached hydrogens (tertiary/aromatic N) is 1. The van der Waals surface area contributed by atoms with Crippen LogP contribution in [0.5, 0.6) is 0 Å². The lowest BCUT2D eigenvalue weighted by atomic mass is 10.6. The molecular weight excluding hydrogens is 190 g/mol. The maximum atomic E-state index is 10.3. The molecule has 0 bridgehead atoms. The average Bonchev–Trinajstić information content (AvgIpc) is 2.16. The molecule has 0 fully saturated rings. The normalized spacial score (nSPS) is 10.1. The highest BCUT2D eigenvalue weighted by atomic mass is 16.5. The Morgan fingerprint density at radius 3 is 2.29 bits per heavy atom. The van der Waals surface area contributed by atoms with Crippen molar-refractivity contribution < 1.29 is 24.5 Å². The van der Waals surface area contributed by atoms with Gasteiger partial charge in [0.25, 0.3) is 0 Å². The Balaban J connectivity index is 3.09. The van der Waals surface area contributed by atoms with Gasteiger partial charge in [0, 0.05) is 13.6 Å². The van der Waals surface area contributed by atoms with Gasteiger partial charge in [0.05, 0.1) is 33.0 Å². The number of rotatable bonds is 8. The summed E-state index contributed by atoms with van der Waals surface area (Å²) < 4.78 is 10.0. The van der Waals surface area contributed by atoms with Gasteiger partial charge in [-0.05, 0) is 0 Å². The van der Waals surface area contributed by atoms with Crippen molar-refractivity contribution in [2.75, 3.05) is 46.6 Å². The highest BCUT2D eigenvalue weighted by Crippen LogP contribution is 1.84. The van der Waals surface area contributed by atoms with Gasteiger partial charge in [-0.15, -0.1) is 0 Å². The first-order chi connectivity index (χ1) is 6.68. The van der Waals surface area contributed by atoms with Gasteiger partial charge in [-0.25, -0.2) is 4.79 Å². The highest BCUT2D eigenvalue weighted by molar-refractivity contribution is 5.64. The van der Waals surface area contributed by atoms with Gasteiger partial charge in [0.2, 0.25) is 0 Å². The van der Waals surface area contributed by atoms with Crippen molar-refractivity contribution in [1.29, 1.82) is 0 Å². The van der Waals surface area contributed by atoms with Crippen LogP contribution < -0.4 is 0 Å². The number of carboxylic acid groups (broad SMARTS) is 1. The highest BCUT2D eigenvalue weighted by Gasteiger charge is 2.03. The van der Waals surface area contributed by atoms with Gasteiger partial charge in [-0.3, -0.25) is 0 Å². The molecule has 0 rings (SSSR count). The van der Waals surface area contributed by atoms with Gasteiger partial charge in [-0.1, -0.05) is 0 Å². The maximum absolute atomic E-state index is 10.3. The second kappa shape index (κ2) is 8.74. The lowest BCUT2D eigenvalue weighted by Gasteiger charge is -2.12. The summed E-state index contributed by atoms with van der Waals surface area (Å²) in [4.78, 5) is 11.5. The fourth-order valence-corrected chi connectivity index (χ4v) is 0.684. The molecule has 0 aromatic heterocycles. The summed E-state index contributed by atoms with van der Waals surface area (Å²) in [7, 11) is 1.48. The van der Waals surface area contributed by atoms with E-state index in [4.69, 9.17) is 19.7 Å². The second-order valence-electron chi connectivity index (χ2n) is 2.65. The predicted octanol–water partition coefficient (Wildman–Crippen LogP) is -0.378.